The molecule has 0 bridgehead atoms. The van der Waals surface area contributed by atoms with Crippen LogP contribution in [0.2, 0.25) is 0 Å². The van der Waals surface area contributed by atoms with E-state index in [2.05, 4.69) is 0 Å². The number of hydrogen-bond donors (Lipinski definition) is 0. The van der Waals surface area contributed by atoms with Crippen LogP contribution >= 0.6 is 0 Å². The highest BCUT2D eigenvalue weighted by atomic mass is 16.5. The van der Waals surface area contributed by atoms with E-state index in [1.807, 2.05) is 0 Å². The summed E-state index contributed by atoms with van der Waals surface area (Å²) in [5, 5.41) is -3.14. The van der Waals surface area contributed by atoms with Crippen LogP contribution in [0.25, 0.3) is 55.0 Å². The van der Waals surface area contributed by atoms with E-state index in [-0.39, 0.29) is 5.56 Å². The van der Waals surface area contributed by atoms with Crippen molar-refractivity contribution in [2.24, 2.45) is 0 Å². The molecule has 0 saturated heterocycles. The monoisotopic (exact) mass is 743 g/mol. The number of furan rings is 1. The zero-order valence-corrected chi connectivity index (χ0v) is 27.7. The van der Waals surface area contributed by atoms with E-state index in [4.69, 9.17) is 35.2 Å². The standard InChI is InChI=1S/C52H39NO2/c1-3-12-34(13-4-1)36-22-27-39(28-23-36)53(40-29-24-37(25-30-40)41-19-11-20-45-43-17-9-10-21-49(43)54-51(41)45)48-33-47-46-32-38(35-14-5-2-6-15-35)26-31-50(46)55-52(47)44-18-8-7-16-42(44)48/h1-10,12-18,21-33,41,45,51H,11,19-20H2/i1D,2D,3D,4D,5D,6D,7D,8D,9D,10D,11D,12D,13D,14D,15D,16D,17D,18D,19D,20D,21D,22D,23D,24D,25D,26D,27D,28D,29D,30D,31D,32D,33D. The average Bonchev–Trinajstić information content (AvgIpc) is 1.34. The van der Waals surface area contributed by atoms with Crippen LogP contribution in [0.5, 0.6) is 5.75 Å². The van der Waals surface area contributed by atoms with Crippen LogP contribution in [0, 0.1) is 0 Å². The molecule has 3 nitrogen and oxygen atoms in total. The Kier molecular flexibility index (Phi) is 3.10. The maximum absolute atomic E-state index is 10.3. The van der Waals surface area contributed by atoms with Crippen molar-refractivity contribution in [3.05, 3.63) is 192 Å². The maximum atomic E-state index is 10.3. The van der Waals surface area contributed by atoms with Crippen LogP contribution in [0.1, 0.15) is 87.4 Å². The number of hydrogen-bond acceptors (Lipinski definition) is 3. The van der Waals surface area contributed by atoms with Crippen molar-refractivity contribution in [1.82, 2.24) is 0 Å². The van der Waals surface area contributed by atoms with Crippen LogP contribution in [-0.2, 0) is 0 Å². The number of fused-ring (bicyclic) bond motifs is 8. The fourth-order valence-corrected chi connectivity index (χ4v) is 6.75. The third-order valence-corrected chi connectivity index (χ3v) is 9.21. The summed E-state index contributed by atoms with van der Waals surface area (Å²) >= 11 is 0. The zero-order valence-electron chi connectivity index (χ0n) is 60.7. The molecule has 1 saturated carbocycles. The Labute approximate surface area is 367 Å². The molecule has 8 aromatic carbocycles. The molecule has 1 aliphatic carbocycles. The van der Waals surface area contributed by atoms with Crippen LogP contribution in [0.3, 0.4) is 0 Å². The van der Waals surface area contributed by atoms with E-state index in [1.165, 1.54) is 0 Å². The maximum Gasteiger partial charge on any atom is 0.143 e. The molecule has 1 fully saturated rings. The molecule has 3 heteroatoms. The fraction of sp³-hybridized carbons (Fsp3) is 0.115. The molecule has 9 aromatic rings. The van der Waals surface area contributed by atoms with E-state index < -0.39 is 302 Å². The summed E-state index contributed by atoms with van der Waals surface area (Å²) in [4.78, 5) is 0.391. The van der Waals surface area contributed by atoms with Gasteiger partial charge in [0.15, 0.2) is 0 Å². The summed E-state index contributed by atoms with van der Waals surface area (Å²) in [5.74, 6) is -3.74. The first-order valence-corrected chi connectivity index (χ1v) is 16.6. The molecule has 55 heavy (non-hydrogen) atoms. The van der Waals surface area contributed by atoms with Gasteiger partial charge >= 0.3 is 0 Å². The second-order valence-corrected chi connectivity index (χ2v) is 12.3. The summed E-state index contributed by atoms with van der Waals surface area (Å²) in [6.07, 6.45) is -7.00. The van der Waals surface area contributed by atoms with Crippen molar-refractivity contribution in [1.29, 1.82) is 0 Å². The Hall–Kier alpha value is -6.58. The summed E-state index contributed by atoms with van der Waals surface area (Å²) < 4.78 is 312. The Bertz CT molecular complexity index is 4600. The van der Waals surface area contributed by atoms with E-state index >= 15 is 0 Å². The molecule has 0 radical (unpaired) electrons. The van der Waals surface area contributed by atoms with E-state index in [0.29, 0.717) is 4.90 Å². The first kappa shape index (κ1) is 13.0. The summed E-state index contributed by atoms with van der Waals surface area (Å²) in [7, 11) is 0. The molecule has 0 spiro atoms. The molecule has 2 heterocycles. The van der Waals surface area contributed by atoms with Gasteiger partial charge in [-0.3, -0.25) is 0 Å². The lowest BCUT2D eigenvalue weighted by Crippen LogP contribution is -2.31. The minimum absolute atomic E-state index is 0.257. The van der Waals surface area contributed by atoms with Crippen molar-refractivity contribution in [3.63, 3.8) is 0 Å². The fourth-order valence-electron chi connectivity index (χ4n) is 6.75. The van der Waals surface area contributed by atoms with Crippen molar-refractivity contribution in [3.8, 4) is 28.0 Å². The average molecular weight is 743 g/mol. The highest BCUT2D eigenvalue weighted by molar-refractivity contribution is 6.20. The Morgan fingerprint density at radius 3 is 1.87 bits per heavy atom. The topological polar surface area (TPSA) is 25.6 Å². The van der Waals surface area contributed by atoms with Gasteiger partial charge in [0.05, 0.1) is 46.8 Å². The summed E-state index contributed by atoms with van der Waals surface area (Å²) in [6.45, 7) is 0. The lowest BCUT2D eigenvalue weighted by Gasteiger charge is -2.33. The van der Waals surface area contributed by atoms with Gasteiger partial charge < -0.3 is 14.1 Å². The van der Waals surface area contributed by atoms with Gasteiger partial charge in [-0.05, 0) is 89.0 Å². The normalized spacial score (nSPS) is 30.0. The van der Waals surface area contributed by atoms with Gasteiger partial charge in [0.25, 0.3) is 0 Å². The van der Waals surface area contributed by atoms with Crippen LogP contribution < -0.4 is 9.64 Å². The molecular weight excluding hydrogens is 671 g/mol. The summed E-state index contributed by atoms with van der Waals surface area (Å²) in [5.41, 5.74) is -9.31. The van der Waals surface area contributed by atoms with Crippen LogP contribution in [-0.4, -0.2) is 6.10 Å². The van der Waals surface area contributed by atoms with Gasteiger partial charge in [0, 0.05) is 54.4 Å². The molecule has 2 aliphatic rings. The van der Waals surface area contributed by atoms with Crippen molar-refractivity contribution in [2.75, 3.05) is 4.90 Å². The van der Waals surface area contributed by atoms with Crippen molar-refractivity contribution >= 4 is 49.8 Å². The lowest BCUT2D eigenvalue weighted by atomic mass is 9.74. The molecule has 1 aliphatic heterocycles. The van der Waals surface area contributed by atoms with Gasteiger partial charge in [0.1, 0.15) is 23.0 Å². The quantitative estimate of drug-likeness (QED) is 0.170. The third-order valence-electron chi connectivity index (χ3n) is 9.21. The molecule has 0 N–H and O–H groups in total. The van der Waals surface area contributed by atoms with Gasteiger partial charge in [-0.1, -0.05) is 139 Å². The SMILES string of the molecule is [2H]c1c([2H])c([2H])c(-c2c([2H])c([2H])c(N(c3c([2H])c([2H])c(C4C([2H])C([2H])C([2H])C5c6c([2H])c([2H])c([2H])c([2H])c6OC45)c([2H])c3[2H])c3c([2H])c4c(oc5c([2H])c([2H])c(-c6c([2H])c([2H])c([2H])c([2H])c6[2H])c([2H])c54)c4c([2H])c([2H])c([2H])c([2H])c34)c([2H])c2[2H])c([2H])c1[2H]. The highest BCUT2D eigenvalue weighted by Gasteiger charge is 2.42. The third kappa shape index (κ3) is 5.41. The summed E-state index contributed by atoms with van der Waals surface area (Å²) in [6, 6.07) is -30.5. The minimum Gasteiger partial charge on any atom is -0.489 e. The minimum atomic E-state index is -1.89. The van der Waals surface area contributed by atoms with Gasteiger partial charge in [-0.2, -0.15) is 0 Å². The molecule has 11 rings (SSSR count). The number of benzene rings is 8. The Morgan fingerprint density at radius 1 is 0.509 bits per heavy atom. The molecule has 0 amide bonds. The predicted octanol–water partition coefficient (Wildman–Crippen LogP) is 14.4. The van der Waals surface area contributed by atoms with E-state index in [0.717, 1.165) is 0 Å². The number of ether oxygens (including phenoxy) is 1. The van der Waals surface area contributed by atoms with Crippen LogP contribution in [0.15, 0.2) is 186 Å². The first-order valence-electron chi connectivity index (χ1n) is 33.3. The molecule has 264 valence electrons. The van der Waals surface area contributed by atoms with E-state index in [1.54, 1.807) is 0 Å². The lowest BCUT2D eigenvalue weighted by molar-refractivity contribution is 0.138. The van der Waals surface area contributed by atoms with Gasteiger partial charge in [-0.25, -0.2) is 0 Å². The molecule has 6 atom stereocenters. The highest BCUT2D eigenvalue weighted by Crippen LogP contribution is 2.51. The second kappa shape index (κ2) is 13.1. The number of para-hydroxylation sites is 1. The number of rotatable bonds is 6. The van der Waals surface area contributed by atoms with E-state index in [9.17, 15) is 19.2 Å². The first-order chi connectivity index (χ1) is 41.0. The molecular formula is C52H39NO2. The van der Waals surface area contributed by atoms with Crippen molar-refractivity contribution in [2.45, 2.75) is 37.1 Å². The number of nitrogens with zero attached hydrogens (tertiary/aromatic N) is 1. The second-order valence-electron chi connectivity index (χ2n) is 12.3. The molecule has 1 aromatic heterocycles. The largest absolute Gasteiger partial charge is 0.489 e. The predicted molar refractivity (Wildman–Crippen MR) is 227 cm³/mol. The van der Waals surface area contributed by atoms with Gasteiger partial charge in [-0.15, -0.1) is 0 Å². The van der Waals surface area contributed by atoms with Gasteiger partial charge in [0.2, 0.25) is 0 Å². The smallest absolute Gasteiger partial charge is 0.143 e. The molecule has 6 unspecified atom stereocenters. The zero-order chi connectivity index (χ0) is 65.0. The van der Waals surface area contributed by atoms with Crippen molar-refractivity contribution < 1.29 is 54.4 Å². The number of anilines is 3. The Balaban J connectivity index is 1.33. The van der Waals surface area contributed by atoms with Crippen LogP contribution in [0.4, 0.5) is 17.1 Å². The Morgan fingerprint density at radius 2 is 1.11 bits per heavy atom.